The van der Waals surface area contributed by atoms with Crippen LogP contribution in [0.4, 0.5) is 17.6 Å². The summed E-state index contributed by atoms with van der Waals surface area (Å²) in [4.78, 5) is 24.5. The number of rotatable bonds is 9. The summed E-state index contributed by atoms with van der Waals surface area (Å²) >= 11 is 1.43. The van der Waals surface area contributed by atoms with Gasteiger partial charge in [0, 0.05) is 30.8 Å². The van der Waals surface area contributed by atoms with Crippen LogP contribution in [0.1, 0.15) is 77.4 Å². The predicted molar refractivity (Wildman–Crippen MR) is 138 cm³/mol. The molecule has 3 aromatic rings. The first-order chi connectivity index (χ1) is 19.5. The van der Waals surface area contributed by atoms with Crippen molar-refractivity contribution in [3.63, 3.8) is 0 Å². The zero-order chi connectivity index (χ0) is 29.3. The van der Waals surface area contributed by atoms with Gasteiger partial charge in [-0.3, -0.25) is 9.48 Å². The Morgan fingerprint density at radius 3 is 2.56 bits per heavy atom. The molecule has 5 rings (SSSR count). The Kier molecular flexibility index (Phi) is 8.42. The van der Waals surface area contributed by atoms with Crippen LogP contribution in [0.5, 0.6) is 0 Å². The molecule has 0 spiro atoms. The number of aromatic nitrogens is 3. The molecule has 1 fully saturated rings. The van der Waals surface area contributed by atoms with Gasteiger partial charge in [-0.05, 0) is 30.0 Å². The maximum atomic E-state index is 13.2. The molecule has 16 heteroatoms. The third-order valence-corrected chi connectivity index (χ3v) is 8.65. The number of hydrogen-bond acceptors (Lipinski definition) is 9. The topological polar surface area (TPSA) is 130 Å². The number of carbonyl (C=O) groups is 1. The fraction of sp³-hybridized carbons (Fsp3) is 0.440. The number of likely N-dealkylation sites (tertiary alicyclic amines) is 1. The lowest BCUT2D eigenvalue weighted by Gasteiger charge is -2.31. The highest BCUT2D eigenvalue weighted by Gasteiger charge is 2.31. The first kappa shape index (κ1) is 29.1. The van der Waals surface area contributed by atoms with Crippen LogP contribution in [0.2, 0.25) is 0 Å². The predicted octanol–water partition coefficient (Wildman–Crippen LogP) is 4.53. The zero-order valence-corrected chi connectivity index (χ0v) is 23.0. The number of amides is 1. The maximum Gasteiger partial charge on any atom is 0.282 e. The summed E-state index contributed by atoms with van der Waals surface area (Å²) in [5.74, 6) is -1.08. The second-order valence-corrected chi connectivity index (χ2v) is 12.0. The minimum absolute atomic E-state index is 0.0475. The van der Waals surface area contributed by atoms with Crippen LogP contribution in [0.15, 0.2) is 40.9 Å². The summed E-state index contributed by atoms with van der Waals surface area (Å²) in [6.45, 7) is 0.136. The van der Waals surface area contributed by atoms with Gasteiger partial charge in [0.15, 0.2) is 6.10 Å². The Bertz CT molecular complexity index is 1550. The van der Waals surface area contributed by atoms with E-state index in [2.05, 4.69) is 10.3 Å². The second-order valence-electron chi connectivity index (χ2n) is 9.72. The lowest BCUT2D eigenvalue weighted by Crippen LogP contribution is -2.40. The Labute approximate surface area is 236 Å². The van der Waals surface area contributed by atoms with Gasteiger partial charge in [-0.25, -0.2) is 31.0 Å². The Hall–Kier alpha value is -3.37. The highest BCUT2D eigenvalue weighted by Crippen LogP contribution is 2.35. The molecule has 220 valence electrons. The highest BCUT2D eigenvalue weighted by atomic mass is 32.2. The van der Waals surface area contributed by atoms with Crippen molar-refractivity contribution in [1.82, 2.24) is 19.7 Å². The van der Waals surface area contributed by atoms with Crippen molar-refractivity contribution in [3.05, 3.63) is 68.9 Å². The third-order valence-electron chi connectivity index (χ3n) is 6.98. The van der Waals surface area contributed by atoms with Crippen molar-refractivity contribution in [1.29, 1.82) is 0 Å². The van der Waals surface area contributed by atoms with E-state index in [9.17, 15) is 35.3 Å². The third kappa shape index (κ3) is 6.76. The van der Waals surface area contributed by atoms with Gasteiger partial charge in [0.05, 0.1) is 26.6 Å². The molecule has 0 aliphatic carbocycles. The summed E-state index contributed by atoms with van der Waals surface area (Å²) in [5, 5.41) is 10.3. The van der Waals surface area contributed by atoms with Crippen molar-refractivity contribution in [3.8, 4) is 0 Å². The van der Waals surface area contributed by atoms with E-state index in [1.807, 2.05) is 5.38 Å². The second kappa shape index (κ2) is 11.9. The van der Waals surface area contributed by atoms with Crippen LogP contribution in [-0.4, -0.2) is 57.3 Å². The van der Waals surface area contributed by atoms with Crippen molar-refractivity contribution in [2.45, 2.75) is 56.4 Å². The Balaban J connectivity index is 1.18. The van der Waals surface area contributed by atoms with Gasteiger partial charge in [-0.2, -0.15) is 5.10 Å². The normalized spacial score (nSPS) is 18.3. The lowest BCUT2D eigenvalue weighted by atomic mass is 9.97. The van der Waals surface area contributed by atoms with Gasteiger partial charge in [-0.15, -0.1) is 11.3 Å². The van der Waals surface area contributed by atoms with E-state index in [1.54, 1.807) is 24.3 Å². The molecule has 0 radical (unpaired) electrons. The molecule has 0 unspecified atom stereocenters. The standard InChI is InChI=1S/C25H25F4N5O5S2/c26-23(27)18-9-20(24(28)29)34(31-18)11-22(35)33-7-5-14(6-8-33)25-30-19(12-40-25)17-10-21(39-32-17)16-4-2-1-3-15(16)13-41(36,37)38/h1-4,9,12,14,21,23-24H,5-8,10-11,13H2,(H,36,37,38)/p-1/t21-/m0/s1. The summed E-state index contributed by atoms with van der Waals surface area (Å²) in [6.07, 6.45) is -5.13. The number of hydrogen-bond donors (Lipinski definition) is 0. The van der Waals surface area contributed by atoms with Crippen molar-refractivity contribution in [2.24, 2.45) is 5.16 Å². The maximum absolute atomic E-state index is 13.2. The molecule has 1 amide bonds. The van der Waals surface area contributed by atoms with Crippen molar-refractivity contribution in [2.75, 3.05) is 13.1 Å². The number of nitrogens with zero attached hydrogens (tertiary/aromatic N) is 5. The van der Waals surface area contributed by atoms with E-state index in [1.165, 1.54) is 16.2 Å². The van der Waals surface area contributed by atoms with Crippen LogP contribution in [0.25, 0.3) is 0 Å². The van der Waals surface area contributed by atoms with Crippen LogP contribution >= 0.6 is 11.3 Å². The minimum atomic E-state index is -4.48. The lowest BCUT2D eigenvalue weighted by molar-refractivity contribution is -0.133. The van der Waals surface area contributed by atoms with Crippen molar-refractivity contribution < 1.29 is 40.2 Å². The van der Waals surface area contributed by atoms with Crippen LogP contribution in [0.3, 0.4) is 0 Å². The molecule has 0 saturated carbocycles. The summed E-state index contributed by atoms with van der Waals surface area (Å²) < 4.78 is 86.9. The molecule has 2 aromatic heterocycles. The van der Waals surface area contributed by atoms with Gasteiger partial charge >= 0.3 is 0 Å². The molecule has 0 N–H and O–H groups in total. The van der Waals surface area contributed by atoms with E-state index in [0.717, 1.165) is 5.01 Å². The summed E-state index contributed by atoms with van der Waals surface area (Å²) in [5.41, 5.74) is 0.611. The molecule has 1 saturated heterocycles. The number of benzene rings is 1. The average Bonchev–Trinajstić information content (AvgIpc) is 3.68. The molecule has 4 heterocycles. The van der Waals surface area contributed by atoms with Gasteiger partial charge in [0.2, 0.25) is 5.91 Å². The van der Waals surface area contributed by atoms with E-state index < -0.39 is 58.7 Å². The molecule has 41 heavy (non-hydrogen) atoms. The monoisotopic (exact) mass is 614 g/mol. The van der Waals surface area contributed by atoms with Gasteiger partial charge in [0.25, 0.3) is 12.9 Å². The number of halogens is 4. The fourth-order valence-electron chi connectivity index (χ4n) is 4.94. The van der Waals surface area contributed by atoms with Crippen LogP contribution in [-0.2, 0) is 32.0 Å². The molecule has 0 bridgehead atoms. The molecule has 10 nitrogen and oxygen atoms in total. The molecular formula is C25H24F4N5O5S2-. The van der Waals surface area contributed by atoms with E-state index in [0.29, 0.717) is 65.6 Å². The summed E-state index contributed by atoms with van der Waals surface area (Å²) in [6, 6.07) is 7.25. The number of oxime groups is 1. The number of carbonyl (C=O) groups excluding carboxylic acids is 1. The summed E-state index contributed by atoms with van der Waals surface area (Å²) in [7, 11) is -4.48. The van der Waals surface area contributed by atoms with Gasteiger partial charge in [-0.1, -0.05) is 29.4 Å². The SMILES string of the molecule is O=C(Cn1nc(C(F)F)cc1C(F)F)N1CCC(c2nc(C3=NO[C@H](c4ccccc4CS(=O)(=O)[O-])C3)cs2)CC1. The fourth-order valence-corrected chi connectivity index (χ4v) is 6.58. The van der Waals surface area contributed by atoms with Crippen LogP contribution < -0.4 is 0 Å². The van der Waals surface area contributed by atoms with Gasteiger partial charge < -0.3 is 14.3 Å². The zero-order valence-electron chi connectivity index (χ0n) is 21.3. The number of thiazole rings is 1. The largest absolute Gasteiger partial charge is 0.748 e. The molecule has 1 atom stereocenters. The van der Waals surface area contributed by atoms with Crippen molar-refractivity contribution >= 4 is 33.1 Å². The number of piperidine rings is 1. The van der Waals surface area contributed by atoms with Crippen LogP contribution in [0, 0.1) is 0 Å². The Morgan fingerprint density at radius 2 is 1.88 bits per heavy atom. The molecule has 2 aliphatic rings. The Morgan fingerprint density at radius 1 is 1.15 bits per heavy atom. The smallest absolute Gasteiger partial charge is 0.282 e. The van der Waals surface area contributed by atoms with E-state index >= 15 is 0 Å². The average molecular weight is 615 g/mol. The van der Waals surface area contributed by atoms with E-state index in [-0.39, 0.29) is 5.92 Å². The molecule has 2 aliphatic heterocycles. The van der Waals surface area contributed by atoms with E-state index in [4.69, 9.17) is 9.82 Å². The van der Waals surface area contributed by atoms with Gasteiger partial charge in [0.1, 0.15) is 23.6 Å². The molecule has 1 aromatic carbocycles. The first-order valence-electron chi connectivity index (χ1n) is 12.6. The minimum Gasteiger partial charge on any atom is -0.748 e. The highest BCUT2D eigenvalue weighted by molar-refractivity contribution is 7.84. The number of alkyl halides is 4. The molecular weight excluding hydrogens is 590 g/mol. The first-order valence-corrected chi connectivity index (χ1v) is 15.1. The quantitative estimate of drug-likeness (QED) is 0.256.